The van der Waals surface area contributed by atoms with Crippen LogP contribution >= 0.6 is 0 Å². The van der Waals surface area contributed by atoms with E-state index in [4.69, 9.17) is 14.0 Å². The second-order valence-electron chi connectivity index (χ2n) is 7.08. The van der Waals surface area contributed by atoms with Gasteiger partial charge in [-0.25, -0.2) is 0 Å². The molecule has 2 aromatic rings. The molecule has 1 aliphatic heterocycles. The van der Waals surface area contributed by atoms with Crippen LogP contribution in [0.5, 0.6) is 11.5 Å². The summed E-state index contributed by atoms with van der Waals surface area (Å²) in [7, 11) is 3.37. The standard InChI is InChI=1S/C19H25N3O4/c1-12(2)7-17-20-18(26-21-17)10-22(3)19(23)14-8-13-5-6-15(24-4)9-16(13)25-11-14/h5-6,9,12,14H,7-8,10-11H2,1-4H3/t14-/m0/s1. The highest BCUT2D eigenvalue weighted by atomic mass is 16.5. The Morgan fingerprint density at radius 1 is 1.42 bits per heavy atom. The highest BCUT2D eigenvalue weighted by Gasteiger charge is 2.29. The summed E-state index contributed by atoms with van der Waals surface area (Å²) >= 11 is 0. The lowest BCUT2D eigenvalue weighted by Gasteiger charge is -2.27. The summed E-state index contributed by atoms with van der Waals surface area (Å²) in [5, 5.41) is 3.97. The largest absolute Gasteiger partial charge is 0.497 e. The van der Waals surface area contributed by atoms with Crippen molar-refractivity contribution in [2.24, 2.45) is 11.8 Å². The quantitative estimate of drug-likeness (QED) is 0.788. The molecule has 140 valence electrons. The fraction of sp³-hybridized carbons (Fsp3) is 0.526. The van der Waals surface area contributed by atoms with E-state index < -0.39 is 0 Å². The van der Waals surface area contributed by atoms with Crippen molar-refractivity contribution < 1.29 is 18.8 Å². The zero-order chi connectivity index (χ0) is 18.7. The van der Waals surface area contributed by atoms with Gasteiger partial charge in [0.05, 0.1) is 19.6 Å². The number of amides is 1. The van der Waals surface area contributed by atoms with Gasteiger partial charge >= 0.3 is 0 Å². The minimum absolute atomic E-state index is 0.00933. The summed E-state index contributed by atoms with van der Waals surface area (Å²) in [5.74, 6) is 2.91. The Kier molecular flexibility index (Phi) is 5.44. The van der Waals surface area contributed by atoms with Crippen molar-refractivity contribution in [1.82, 2.24) is 15.0 Å². The van der Waals surface area contributed by atoms with E-state index in [9.17, 15) is 4.79 Å². The topological polar surface area (TPSA) is 77.7 Å². The summed E-state index contributed by atoms with van der Waals surface area (Å²) in [4.78, 5) is 18.7. The number of carbonyl (C=O) groups is 1. The number of aromatic nitrogens is 2. The summed E-state index contributed by atoms with van der Waals surface area (Å²) in [6.07, 6.45) is 1.41. The predicted octanol–water partition coefficient (Wildman–Crippen LogP) is 2.49. The van der Waals surface area contributed by atoms with Gasteiger partial charge in [-0.3, -0.25) is 4.79 Å². The van der Waals surface area contributed by atoms with Crippen molar-refractivity contribution >= 4 is 5.91 Å². The summed E-state index contributed by atoms with van der Waals surface area (Å²) in [5.41, 5.74) is 1.01. The maximum atomic E-state index is 12.8. The van der Waals surface area contributed by atoms with E-state index in [-0.39, 0.29) is 11.8 Å². The van der Waals surface area contributed by atoms with Gasteiger partial charge < -0.3 is 18.9 Å². The van der Waals surface area contributed by atoms with Crippen LogP contribution in [0, 0.1) is 11.8 Å². The number of nitrogens with zero attached hydrogens (tertiary/aromatic N) is 3. The minimum Gasteiger partial charge on any atom is -0.497 e. The number of carbonyl (C=O) groups excluding carboxylic acids is 1. The van der Waals surface area contributed by atoms with Gasteiger partial charge in [0, 0.05) is 19.5 Å². The Balaban J connectivity index is 1.61. The van der Waals surface area contributed by atoms with Crippen molar-refractivity contribution in [2.45, 2.75) is 33.2 Å². The smallest absolute Gasteiger partial charge is 0.246 e. The van der Waals surface area contributed by atoms with Crippen LogP contribution in [0.1, 0.15) is 31.1 Å². The second-order valence-corrected chi connectivity index (χ2v) is 7.08. The van der Waals surface area contributed by atoms with Gasteiger partial charge in [0.2, 0.25) is 11.8 Å². The number of rotatable bonds is 6. The molecule has 7 nitrogen and oxygen atoms in total. The first-order chi connectivity index (χ1) is 12.5. The fourth-order valence-corrected chi connectivity index (χ4v) is 3.03. The Bertz CT molecular complexity index is 772. The molecule has 2 heterocycles. The van der Waals surface area contributed by atoms with E-state index in [1.165, 1.54) is 0 Å². The molecular formula is C19H25N3O4. The highest BCUT2D eigenvalue weighted by Crippen LogP contribution is 2.31. The molecule has 3 rings (SSSR count). The number of fused-ring (bicyclic) bond motifs is 1. The van der Waals surface area contributed by atoms with Gasteiger partial charge in [0.1, 0.15) is 18.1 Å². The van der Waals surface area contributed by atoms with Crippen LogP contribution in [-0.2, 0) is 24.2 Å². The van der Waals surface area contributed by atoms with E-state index in [1.807, 2.05) is 18.2 Å². The van der Waals surface area contributed by atoms with Crippen LogP contribution in [0.15, 0.2) is 22.7 Å². The molecule has 1 atom stereocenters. The van der Waals surface area contributed by atoms with Crippen molar-refractivity contribution in [3.05, 3.63) is 35.5 Å². The molecule has 1 aromatic carbocycles. The highest BCUT2D eigenvalue weighted by molar-refractivity contribution is 5.79. The molecule has 0 fully saturated rings. The molecule has 1 aromatic heterocycles. The number of hydrogen-bond acceptors (Lipinski definition) is 6. The number of ether oxygens (including phenoxy) is 2. The van der Waals surface area contributed by atoms with Gasteiger partial charge in [0.15, 0.2) is 5.82 Å². The van der Waals surface area contributed by atoms with Crippen LogP contribution < -0.4 is 9.47 Å². The third-order valence-electron chi connectivity index (χ3n) is 4.38. The fourth-order valence-electron chi connectivity index (χ4n) is 3.03. The van der Waals surface area contributed by atoms with Crippen LogP contribution in [0.2, 0.25) is 0 Å². The third kappa shape index (κ3) is 4.15. The summed E-state index contributed by atoms with van der Waals surface area (Å²) in [6, 6.07) is 5.69. The lowest BCUT2D eigenvalue weighted by Crippen LogP contribution is -2.38. The molecule has 0 saturated carbocycles. The molecule has 0 aliphatic carbocycles. The number of hydrogen-bond donors (Lipinski definition) is 0. The van der Waals surface area contributed by atoms with Crippen molar-refractivity contribution in [1.29, 1.82) is 0 Å². The van der Waals surface area contributed by atoms with Crippen molar-refractivity contribution in [2.75, 3.05) is 20.8 Å². The summed E-state index contributed by atoms with van der Waals surface area (Å²) in [6.45, 7) is 4.85. The number of benzene rings is 1. The molecular weight excluding hydrogens is 334 g/mol. The minimum atomic E-state index is -0.223. The maximum Gasteiger partial charge on any atom is 0.246 e. The molecule has 0 bridgehead atoms. The van der Waals surface area contributed by atoms with E-state index >= 15 is 0 Å². The van der Waals surface area contributed by atoms with E-state index in [1.54, 1.807) is 19.1 Å². The van der Waals surface area contributed by atoms with Crippen LogP contribution in [0.3, 0.4) is 0 Å². The Morgan fingerprint density at radius 3 is 2.96 bits per heavy atom. The molecule has 1 amide bonds. The van der Waals surface area contributed by atoms with Crippen LogP contribution in [0.25, 0.3) is 0 Å². The molecule has 7 heteroatoms. The van der Waals surface area contributed by atoms with Gasteiger partial charge in [-0.1, -0.05) is 25.1 Å². The normalized spacial score (nSPS) is 16.1. The first kappa shape index (κ1) is 18.2. The average Bonchev–Trinajstić information content (AvgIpc) is 3.06. The number of methoxy groups -OCH3 is 1. The zero-order valence-electron chi connectivity index (χ0n) is 15.7. The van der Waals surface area contributed by atoms with E-state index in [0.717, 1.165) is 23.5 Å². The first-order valence-electron chi connectivity index (χ1n) is 8.82. The van der Waals surface area contributed by atoms with Crippen molar-refractivity contribution in [3.8, 4) is 11.5 Å². The second kappa shape index (κ2) is 7.76. The molecule has 26 heavy (non-hydrogen) atoms. The van der Waals surface area contributed by atoms with E-state index in [0.29, 0.717) is 37.2 Å². The molecule has 0 saturated heterocycles. The Hall–Kier alpha value is -2.57. The lowest BCUT2D eigenvalue weighted by molar-refractivity contribution is -0.136. The molecule has 1 aliphatic rings. The lowest BCUT2D eigenvalue weighted by atomic mass is 9.95. The van der Waals surface area contributed by atoms with Crippen LogP contribution in [0.4, 0.5) is 0 Å². The molecule has 0 N–H and O–H groups in total. The van der Waals surface area contributed by atoms with Gasteiger partial charge in [-0.05, 0) is 24.0 Å². The van der Waals surface area contributed by atoms with Crippen LogP contribution in [-0.4, -0.2) is 41.7 Å². The molecule has 0 radical (unpaired) electrons. The summed E-state index contributed by atoms with van der Waals surface area (Å²) < 4.78 is 16.2. The van der Waals surface area contributed by atoms with Gasteiger partial charge in [-0.15, -0.1) is 0 Å². The average molecular weight is 359 g/mol. The zero-order valence-corrected chi connectivity index (χ0v) is 15.7. The first-order valence-corrected chi connectivity index (χ1v) is 8.82. The predicted molar refractivity (Wildman–Crippen MR) is 95.0 cm³/mol. The SMILES string of the molecule is COc1ccc2c(c1)OC[C@@H](C(=O)N(C)Cc1nc(CC(C)C)no1)C2. The van der Waals surface area contributed by atoms with Gasteiger partial charge in [0.25, 0.3) is 0 Å². The Morgan fingerprint density at radius 2 is 2.23 bits per heavy atom. The maximum absolute atomic E-state index is 12.8. The van der Waals surface area contributed by atoms with Gasteiger partial charge in [-0.2, -0.15) is 4.98 Å². The molecule has 0 spiro atoms. The monoisotopic (exact) mass is 359 g/mol. The molecule has 0 unspecified atom stereocenters. The van der Waals surface area contributed by atoms with E-state index in [2.05, 4.69) is 24.0 Å². The van der Waals surface area contributed by atoms with Crippen molar-refractivity contribution in [3.63, 3.8) is 0 Å². The third-order valence-corrected chi connectivity index (χ3v) is 4.38. The Labute approximate surface area is 153 Å².